The van der Waals surface area contributed by atoms with Crippen molar-refractivity contribution in [3.05, 3.63) is 75.4 Å². The van der Waals surface area contributed by atoms with Crippen molar-refractivity contribution in [1.29, 1.82) is 0 Å². The lowest BCUT2D eigenvalue weighted by molar-refractivity contribution is 0.102. The molecule has 0 bridgehead atoms. The summed E-state index contributed by atoms with van der Waals surface area (Å²) in [5.41, 5.74) is 3.95. The number of H-pyrrole nitrogens is 1. The Labute approximate surface area is 180 Å². The lowest BCUT2D eigenvalue weighted by Gasteiger charge is -2.26. The third-order valence-corrected chi connectivity index (χ3v) is 5.87. The Bertz CT molecular complexity index is 1410. The van der Waals surface area contributed by atoms with E-state index in [9.17, 15) is 14.4 Å². The van der Waals surface area contributed by atoms with E-state index in [4.69, 9.17) is 0 Å². The van der Waals surface area contributed by atoms with Crippen LogP contribution in [0.3, 0.4) is 0 Å². The van der Waals surface area contributed by atoms with Crippen LogP contribution in [0.5, 0.6) is 0 Å². The minimum Gasteiger partial charge on any atom is -0.323 e. The zero-order valence-corrected chi connectivity index (χ0v) is 17.2. The normalized spacial score (nSPS) is 13.1. The minimum atomic E-state index is -0.391. The van der Waals surface area contributed by atoms with Crippen LogP contribution in [0.1, 0.15) is 15.9 Å². The number of anilines is 2. The van der Waals surface area contributed by atoms with E-state index >= 15 is 0 Å². The maximum atomic E-state index is 12.8. The SMILES string of the molecule is CN1Cc2cc(-c3csc(NC(=O)c4cc(=O)[nH]c5ccccc45)n3)ccc2NC1=O. The Morgan fingerprint density at radius 1 is 1.16 bits per heavy atom. The monoisotopic (exact) mass is 431 g/mol. The number of para-hydroxylation sites is 1. The Hall–Kier alpha value is -3.98. The first kappa shape index (κ1) is 19.0. The van der Waals surface area contributed by atoms with Gasteiger partial charge in [0.05, 0.1) is 11.3 Å². The third-order valence-electron chi connectivity index (χ3n) is 5.12. The second-order valence-corrected chi connectivity index (χ2v) is 8.10. The van der Waals surface area contributed by atoms with Gasteiger partial charge in [0.15, 0.2) is 5.13 Å². The molecule has 0 saturated carbocycles. The van der Waals surface area contributed by atoms with Crippen LogP contribution in [0.25, 0.3) is 22.2 Å². The number of benzene rings is 2. The fourth-order valence-corrected chi connectivity index (χ4v) is 4.28. The van der Waals surface area contributed by atoms with Crippen molar-refractivity contribution in [3.63, 3.8) is 0 Å². The molecule has 5 rings (SSSR count). The lowest BCUT2D eigenvalue weighted by Crippen LogP contribution is -2.35. The number of hydrogen-bond donors (Lipinski definition) is 3. The number of carbonyl (C=O) groups is 2. The predicted octanol–water partition coefficient (Wildman–Crippen LogP) is 3.88. The molecule has 0 radical (unpaired) electrons. The number of hydrogen-bond acceptors (Lipinski definition) is 5. The second-order valence-electron chi connectivity index (χ2n) is 7.24. The molecule has 0 spiro atoms. The fourth-order valence-electron chi connectivity index (χ4n) is 3.56. The zero-order chi connectivity index (χ0) is 21.5. The standard InChI is InChI=1S/C22H17N5O3S/c1-27-10-13-8-12(6-7-16(13)25-22(27)30)18-11-31-21(24-18)26-20(29)15-9-19(28)23-17-5-3-2-4-14(15)17/h2-9,11H,10H2,1H3,(H,23,28)(H,25,30)(H,24,26,29). The molecule has 3 heterocycles. The first-order valence-corrected chi connectivity index (χ1v) is 10.4. The van der Waals surface area contributed by atoms with Gasteiger partial charge in [0, 0.05) is 47.2 Å². The van der Waals surface area contributed by atoms with Crippen LogP contribution in [0.4, 0.5) is 15.6 Å². The van der Waals surface area contributed by atoms with Gasteiger partial charge >= 0.3 is 6.03 Å². The van der Waals surface area contributed by atoms with Gasteiger partial charge in [0.25, 0.3) is 5.91 Å². The van der Waals surface area contributed by atoms with E-state index in [-0.39, 0.29) is 11.6 Å². The summed E-state index contributed by atoms with van der Waals surface area (Å²) in [6.45, 7) is 0.512. The number of fused-ring (bicyclic) bond motifs is 2. The molecular weight excluding hydrogens is 414 g/mol. The van der Waals surface area contributed by atoms with Crippen LogP contribution in [0, 0.1) is 0 Å². The number of nitrogens with zero attached hydrogens (tertiary/aromatic N) is 2. The predicted molar refractivity (Wildman–Crippen MR) is 121 cm³/mol. The molecule has 8 nitrogen and oxygen atoms in total. The second kappa shape index (κ2) is 7.37. The number of aromatic amines is 1. The number of nitrogens with one attached hydrogen (secondary N) is 3. The average Bonchev–Trinajstić information content (AvgIpc) is 3.22. The highest BCUT2D eigenvalue weighted by Crippen LogP contribution is 2.31. The molecule has 2 aromatic carbocycles. The van der Waals surface area contributed by atoms with Gasteiger partial charge in [-0.25, -0.2) is 9.78 Å². The van der Waals surface area contributed by atoms with E-state index in [0.717, 1.165) is 22.5 Å². The summed E-state index contributed by atoms with van der Waals surface area (Å²) in [4.78, 5) is 45.4. The highest BCUT2D eigenvalue weighted by Gasteiger charge is 2.20. The van der Waals surface area contributed by atoms with Gasteiger partial charge in [-0.3, -0.25) is 14.9 Å². The molecule has 3 N–H and O–H groups in total. The van der Waals surface area contributed by atoms with Crippen LogP contribution >= 0.6 is 11.3 Å². The maximum absolute atomic E-state index is 12.8. The molecule has 3 amide bonds. The smallest absolute Gasteiger partial charge is 0.321 e. The van der Waals surface area contributed by atoms with Gasteiger partial charge in [-0.2, -0.15) is 0 Å². The molecule has 9 heteroatoms. The Balaban J connectivity index is 1.41. The van der Waals surface area contributed by atoms with E-state index in [0.29, 0.717) is 28.1 Å². The van der Waals surface area contributed by atoms with Crippen molar-refractivity contribution in [2.24, 2.45) is 0 Å². The molecule has 31 heavy (non-hydrogen) atoms. The van der Waals surface area contributed by atoms with Crippen LogP contribution in [-0.2, 0) is 6.54 Å². The number of aromatic nitrogens is 2. The van der Waals surface area contributed by atoms with Crippen molar-refractivity contribution in [1.82, 2.24) is 14.9 Å². The van der Waals surface area contributed by atoms with E-state index in [1.807, 2.05) is 29.6 Å². The summed E-state index contributed by atoms with van der Waals surface area (Å²) in [5.74, 6) is -0.391. The quantitative estimate of drug-likeness (QED) is 0.457. The molecule has 4 aromatic rings. The van der Waals surface area contributed by atoms with Crippen LogP contribution < -0.4 is 16.2 Å². The van der Waals surface area contributed by atoms with E-state index < -0.39 is 5.91 Å². The van der Waals surface area contributed by atoms with Crippen LogP contribution in [-0.4, -0.2) is 33.9 Å². The number of thiazole rings is 1. The zero-order valence-electron chi connectivity index (χ0n) is 16.4. The molecule has 154 valence electrons. The molecule has 0 saturated heterocycles. The van der Waals surface area contributed by atoms with Gasteiger partial charge in [-0.15, -0.1) is 11.3 Å². The maximum Gasteiger partial charge on any atom is 0.321 e. The average molecular weight is 431 g/mol. The Kier molecular flexibility index (Phi) is 4.52. The molecular formula is C22H17N5O3S. The number of urea groups is 1. The first-order chi connectivity index (χ1) is 15.0. The Morgan fingerprint density at radius 3 is 2.87 bits per heavy atom. The summed E-state index contributed by atoms with van der Waals surface area (Å²) >= 11 is 1.31. The lowest BCUT2D eigenvalue weighted by atomic mass is 10.0. The van der Waals surface area contributed by atoms with Crippen molar-refractivity contribution in [3.8, 4) is 11.3 Å². The van der Waals surface area contributed by atoms with E-state index in [1.165, 1.54) is 17.4 Å². The fraction of sp³-hybridized carbons (Fsp3) is 0.0909. The summed E-state index contributed by atoms with van der Waals surface area (Å²) < 4.78 is 0. The van der Waals surface area contributed by atoms with E-state index in [2.05, 4.69) is 20.6 Å². The Morgan fingerprint density at radius 2 is 2.00 bits per heavy atom. The topological polar surface area (TPSA) is 107 Å². The molecule has 2 aromatic heterocycles. The largest absolute Gasteiger partial charge is 0.323 e. The van der Waals surface area contributed by atoms with Crippen LogP contribution in [0.2, 0.25) is 0 Å². The van der Waals surface area contributed by atoms with E-state index in [1.54, 1.807) is 30.1 Å². The highest BCUT2D eigenvalue weighted by atomic mass is 32.1. The van der Waals surface area contributed by atoms with Gasteiger partial charge in [-0.05, 0) is 23.8 Å². The number of carbonyl (C=O) groups excluding carboxylic acids is 2. The number of pyridine rings is 1. The molecule has 0 fully saturated rings. The van der Waals surface area contributed by atoms with Gasteiger partial charge in [-0.1, -0.05) is 24.3 Å². The number of rotatable bonds is 3. The van der Waals surface area contributed by atoms with Gasteiger partial charge in [0.1, 0.15) is 0 Å². The first-order valence-electron chi connectivity index (χ1n) is 9.52. The molecule has 0 aliphatic carbocycles. The van der Waals surface area contributed by atoms with Crippen molar-refractivity contribution in [2.75, 3.05) is 17.7 Å². The molecule has 0 unspecified atom stereocenters. The van der Waals surface area contributed by atoms with Crippen molar-refractivity contribution in [2.45, 2.75) is 6.54 Å². The van der Waals surface area contributed by atoms with Gasteiger partial charge < -0.3 is 15.2 Å². The van der Waals surface area contributed by atoms with Crippen molar-refractivity contribution < 1.29 is 9.59 Å². The summed E-state index contributed by atoms with van der Waals surface area (Å²) in [6, 6.07) is 14.0. The third kappa shape index (κ3) is 3.55. The number of amides is 3. The summed E-state index contributed by atoms with van der Waals surface area (Å²) in [6.07, 6.45) is 0. The van der Waals surface area contributed by atoms with Crippen molar-refractivity contribution >= 4 is 45.0 Å². The minimum absolute atomic E-state index is 0.133. The molecule has 1 aliphatic rings. The molecule has 0 atom stereocenters. The van der Waals surface area contributed by atoms with Gasteiger partial charge in [0.2, 0.25) is 5.56 Å². The molecule has 1 aliphatic heterocycles. The van der Waals surface area contributed by atoms with Crippen LogP contribution in [0.15, 0.2) is 58.7 Å². The summed E-state index contributed by atoms with van der Waals surface area (Å²) in [7, 11) is 1.74. The summed E-state index contributed by atoms with van der Waals surface area (Å²) in [5, 5.41) is 8.60. The highest BCUT2D eigenvalue weighted by molar-refractivity contribution is 7.14.